The summed E-state index contributed by atoms with van der Waals surface area (Å²) >= 11 is 0. The highest BCUT2D eigenvalue weighted by atomic mass is 31.2. The van der Waals surface area contributed by atoms with Crippen molar-refractivity contribution in [2.75, 3.05) is 19.4 Å². The van der Waals surface area contributed by atoms with Crippen LogP contribution in [0.1, 0.15) is 13.8 Å². The highest BCUT2D eigenvalue weighted by Gasteiger charge is 2.26. The summed E-state index contributed by atoms with van der Waals surface area (Å²) in [4.78, 5) is 0. The van der Waals surface area contributed by atoms with Crippen molar-refractivity contribution in [1.29, 1.82) is 0 Å². The van der Waals surface area contributed by atoms with Gasteiger partial charge < -0.3 is 9.05 Å². The van der Waals surface area contributed by atoms with Gasteiger partial charge in [0.2, 0.25) is 0 Å². The molecule has 0 amide bonds. The maximum atomic E-state index is 12.1. The first-order chi connectivity index (χ1) is 6.70. The van der Waals surface area contributed by atoms with Crippen LogP contribution in [0.25, 0.3) is 0 Å². The van der Waals surface area contributed by atoms with Crippen LogP contribution in [-0.2, 0) is 13.6 Å². The Labute approximate surface area is 85.3 Å². The lowest BCUT2D eigenvalue weighted by Crippen LogP contribution is -2.05. The van der Waals surface area contributed by atoms with E-state index in [-0.39, 0.29) is 5.92 Å². The van der Waals surface area contributed by atoms with Crippen LogP contribution in [0.15, 0.2) is 24.3 Å². The molecule has 0 aromatic rings. The Morgan fingerprint density at radius 1 is 1.14 bits per heavy atom. The van der Waals surface area contributed by atoms with Gasteiger partial charge in [-0.2, -0.15) is 0 Å². The molecule has 80 valence electrons. The van der Waals surface area contributed by atoms with Crippen LogP contribution in [0.5, 0.6) is 0 Å². The van der Waals surface area contributed by atoms with Gasteiger partial charge >= 0.3 is 7.60 Å². The van der Waals surface area contributed by atoms with Crippen molar-refractivity contribution in [2.45, 2.75) is 13.8 Å². The standard InChI is InChI=1S/C10H17O3P/c1-3-12-14(11,13-4-2)9-10-7-5-6-8-10/h5-8,10H,3-4,9H2,1-2H3. The molecule has 14 heavy (non-hydrogen) atoms. The predicted octanol–water partition coefficient (Wildman–Crippen LogP) is 2.99. The van der Waals surface area contributed by atoms with Crippen LogP contribution in [0.3, 0.4) is 0 Å². The van der Waals surface area contributed by atoms with Crippen LogP contribution < -0.4 is 0 Å². The van der Waals surface area contributed by atoms with Gasteiger partial charge in [0.1, 0.15) is 0 Å². The molecule has 1 rings (SSSR count). The molecule has 4 heteroatoms. The van der Waals surface area contributed by atoms with Crippen molar-refractivity contribution in [1.82, 2.24) is 0 Å². The van der Waals surface area contributed by atoms with E-state index in [1.807, 2.05) is 38.2 Å². The van der Waals surface area contributed by atoms with Crippen molar-refractivity contribution in [2.24, 2.45) is 5.92 Å². The third-order valence-electron chi connectivity index (χ3n) is 1.91. The molecule has 0 fully saturated rings. The molecule has 0 heterocycles. The minimum Gasteiger partial charge on any atom is -0.309 e. The van der Waals surface area contributed by atoms with Crippen molar-refractivity contribution >= 4 is 7.60 Å². The molecule has 0 radical (unpaired) electrons. The van der Waals surface area contributed by atoms with E-state index in [0.29, 0.717) is 19.4 Å². The van der Waals surface area contributed by atoms with Gasteiger partial charge in [-0.1, -0.05) is 24.3 Å². The van der Waals surface area contributed by atoms with Gasteiger partial charge in [-0.3, -0.25) is 4.57 Å². The molecular weight excluding hydrogens is 199 g/mol. The zero-order chi connectivity index (χ0) is 10.4. The first-order valence-corrected chi connectivity index (χ1v) is 6.66. The Kier molecular flexibility index (Phi) is 4.59. The van der Waals surface area contributed by atoms with Crippen LogP contribution in [0.4, 0.5) is 0 Å². The number of hydrogen-bond donors (Lipinski definition) is 0. The number of hydrogen-bond acceptors (Lipinski definition) is 3. The second-order valence-corrected chi connectivity index (χ2v) is 5.17. The molecule has 0 aliphatic heterocycles. The Balaban J connectivity index is 2.54. The quantitative estimate of drug-likeness (QED) is 0.640. The van der Waals surface area contributed by atoms with E-state index in [1.165, 1.54) is 0 Å². The van der Waals surface area contributed by atoms with Gasteiger partial charge in [-0.15, -0.1) is 0 Å². The fourth-order valence-electron chi connectivity index (χ4n) is 1.39. The predicted molar refractivity (Wildman–Crippen MR) is 57.5 cm³/mol. The van der Waals surface area contributed by atoms with Crippen LogP contribution in [-0.4, -0.2) is 19.4 Å². The molecule has 0 unspecified atom stereocenters. The third kappa shape index (κ3) is 3.41. The molecule has 0 saturated heterocycles. The summed E-state index contributed by atoms with van der Waals surface area (Å²) < 4.78 is 22.5. The van der Waals surface area contributed by atoms with Gasteiger partial charge in [-0.25, -0.2) is 0 Å². The van der Waals surface area contributed by atoms with E-state index in [1.54, 1.807) is 0 Å². The fourth-order valence-corrected chi connectivity index (χ4v) is 3.23. The van der Waals surface area contributed by atoms with Crippen molar-refractivity contribution < 1.29 is 13.6 Å². The summed E-state index contributed by atoms with van der Waals surface area (Å²) in [6.07, 6.45) is 8.36. The SMILES string of the molecule is CCOP(=O)(CC1C=CC=C1)OCC. The molecule has 1 aliphatic rings. The summed E-state index contributed by atoms with van der Waals surface area (Å²) in [7, 11) is -2.87. The number of allylic oxidation sites excluding steroid dienone is 4. The minimum absolute atomic E-state index is 0.193. The third-order valence-corrected chi connectivity index (χ3v) is 4.09. The van der Waals surface area contributed by atoms with E-state index < -0.39 is 7.60 Å². The van der Waals surface area contributed by atoms with Gasteiger partial charge in [0, 0.05) is 5.92 Å². The second-order valence-electron chi connectivity index (χ2n) is 3.06. The average Bonchev–Trinajstić information content (AvgIpc) is 2.57. The van der Waals surface area contributed by atoms with Crippen LogP contribution in [0, 0.1) is 5.92 Å². The zero-order valence-corrected chi connectivity index (χ0v) is 9.57. The van der Waals surface area contributed by atoms with Gasteiger partial charge in [0.25, 0.3) is 0 Å². The lowest BCUT2D eigenvalue weighted by atomic mass is 10.2. The molecule has 0 spiro atoms. The molecule has 0 N–H and O–H groups in total. The van der Waals surface area contributed by atoms with Crippen molar-refractivity contribution in [3.8, 4) is 0 Å². The minimum atomic E-state index is -2.87. The Bertz CT molecular complexity index is 249. The van der Waals surface area contributed by atoms with E-state index in [2.05, 4.69) is 0 Å². The second kappa shape index (κ2) is 5.50. The van der Waals surface area contributed by atoms with E-state index in [0.717, 1.165) is 0 Å². The summed E-state index contributed by atoms with van der Waals surface area (Å²) in [6.45, 7) is 4.51. The lowest BCUT2D eigenvalue weighted by molar-refractivity contribution is 0.219. The Hall–Kier alpha value is -0.370. The van der Waals surface area contributed by atoms with Crippen molar-refractivity contribution in [3.63, 3.8) is 0 Å². The highest BCUT2D eigenvalue weighted by Crippen LogP contribution is 2.50. The monoisotopic (exact) mass is 216 g/mol. The maximum absolute atomic E-state index is 12.1. The fraction of sp³-hybridized carbons (Fsp3) is 0.600. The molecule has 0 saturated carbocycles. The van der Waals surface area contributed by atoms with Gasteiger partial charge in [-0.05, 0) is 13.8 Å². The van der Waals surface area contributed by atoms with E-state index >= 15 is 0 Å². The van der Waals surface area contributed by atoms with Gasteiger partial charge in [0.15, 0.2) is 0 Å². The molecule has 0 bridgehead atoms. The Morgan fingerprint density at radius 3 is 2.07 bits per heavy atom. The zero-order valence-electron chi connectivity index (χ0n) is 8.68. The van der Waals surface area contributed by atoms with E-state index in [4.69, 9.17) is 9.05 Å². The number of rotatable bonds is 6. The normalized spacial score (nSPS) is 16.7. The van der Waals surface area contributed by atoms with Crippen LogP contribution >= 0.6 is 7.60 Å². The highest BCUT2D eigenvalue weighted by molar-refractivity contribution is 7.53. The molecule has 3 nitrogen and oxygen atoms in total. The Morgan fingerprint density at radius 2 is 1.64 bits per heavy atom. The molecule has 1 aliphatic carbocycles. The van der Waals surface area contributed by atoms with Crippen LogP contribution in [0.2, 0.25) is 0 Å². The summed E-state index contributed by atoms with van der Waals surface area (Å²) in [5, 5.41) is 0. The summed E-state index contributed by atoms with van der Waals surface area (Å²) in [6, 6.07) is 0. The first-order valence-electron chi connectivity index (χ1n) is 4.93. The smallest absolute Gasteiger partial charge is 0.309 e. The lowest BCUT2D eigenvalue weighted by Gasteiger charge is -2.18. The van der Waals surface area contributed by atoms with Gasteiger partial charge in [0.05, 0.1) is 19.4 Å². The van der Waals surface area contributed by atoms with Crippen molar-refractivity contribution in [3.05, 3.63) is 24.3 Å². The molecule has 0 atom stereocenters. The maximum Gasteiger partial charge on any atom is 0.331 e. The largest absolute Gasteiger partial charge is 0.331 e. The van der Waals surface area contributed by atoms with E-state index in [9.17, 15) is 4.57 Å². The average molecular weight is 216 g/mol. The summed E-state index contributed by atoms with van der Waals surface area (Å²) in [5.41, 5.74) is 0. The summed E-state index contributed by atoms with van der Waals surface area (Å²) in [5.74, 6) is 0.193. The molecule has 0 aromatic heterocycles. The molecular formula is C10H17O3P. The first kappa shape index (κ1) is 11.7. The molecule has 0 aromatic carbocycles. The topological polar surface area (TPSA) is 35.5 Å².